The van der Waals surface area contributed by atoms with Gasteiger partial charge in [0.1, 0.15) is 19.8 Å². The molecule has 50 heavy (non-hydrogen) atoms. The third-order valence-corrected chi connectivity index (χ3v) is 9.43. The van der Waals surface area contributed by atoms with E-state index in [0.29, 0.717) is 13.0 Å². The first kappa shape index (κ1) is 52.2. The summed E-state index contributed by atoms with van der Waals surface area (Å²) >= 11 is 0. The van der Waals surface area contributed by atoms with Gasteiger partial charge in [0.15, 0.2) is 0 Å². The summed E-state index contributed by atoms with van der Waals surface area (Å²) in [6, 6.07) is 0. The van der Waals surface area contributed by atoms with Crippen LogP contribution in [0.4, 0.5) is 0 Å². The monoisotopic (exact) mass is 717 g/mol. The van der Waals surface area contributed by atoms with Gasteiger partial charge in [0, 0.05) is 0 Å². The fraction of sp³-hybridized carbons (Fsp3) is 0.902. The maximum atomic E-state index is 11.8. The molecule has 0 atom stereocenters. The Balaban J connectivity index is -0.000000769. The lowest BCUT2D eigenvalue weighted by atomic mass is 9.91. The van der Waals surface area contributed by atoms with Crippen LogP contribution < -0.4 is 0 Å². The van der Waals surface area contributed by atoms with Gasteiger partial charge in [0.2, 0.25) is 0 Å². The Kier molecular flexibility index (Phi) is 34.2. The lowest BCUT2D eigenvalue weighted by Crippen LogP contribution is -2.27. The van der Waals surface area contributed by atoms with Crippen LogP contribution in [0.2, 0.25) is 0 Å². The first-order valence-electron chi connectivity index (χ1n) is 19.7. The minimum atomic E-state index is -0.721. The molecular formula is C41H80O9. The second-order valence-electron chi connectivity index (χ2n) is 15.2. The molecule has 1 N–H and O–H groups in total. The van der Waals surface area contributed by atoms with E-state index in [0.717, 1.165) is 19.3 Å². The number of methoxy groups -OCH3 is 1. The molecule has 0 aliphatic rings. The number of aliphatic hydroxyl groups excluding tert-OH is 1. The summed E-state index contributed by atoms with van der Waals surface area (Å²) in [6.45, 7) is 19.4. The quantitative estimate of drug-likeness (QED) is 0.0502. The van der Waals surface area contributed by atoms with E-state index in [-0.39, 0.29) is 42.0 Å². The molecule has 0 rings (SSSR count). The van der Waals surface area contributed by atoms with Crippen molar-refractivity contribution in [1.82, 2.24) is 0 Å². The summed E-state index contributed by atoms with van der Waals surface area (Å²) in [5.74, 6) is -1.21. The van der Waals surface area contributed by atoms with Crippen LogP contribution in [0, 0.1) is 16.2 Å². The van der Waals surface area contributed by atoms with Gasteiger partial charge in [-0.1, -0.05) is 124 Å². The van der Waals surface area contributed by atoms with Crippen molar-refractivity contribution < 1.29 is 43.2 Å². The van der Waals surface area contributed by atoms with E-state index < -0.39 is 18.0 Å². The molecule has 0 radical (unpaired) electrons. The first-order chi connectivity index (χ1) is 23.5. The predicted octanol–water partition coefficient (Wildman–Crippen LogP) is 10.3. The molecule has 298 valence electrons. The van der Waals surface area contributed by atoms with Crippen molar-refractivity contribution in [2.75, 3.05) is 33.5 Å². The molecule has 0 aliphatic carbocycles. The molecule has 0 heterocycles. The number of hydrogen-bond acceptors (Lipinski definition) is 9. The molecule has 0 spiro atoms. The number of unbranched alkanes of at least 4 members (excludes halogenated alkanes) is 15. The molecule has 9 nitrogen and oxygen atoms in total. The van der Waals surface area contributed by atoms with E-state index in [9.17, 15) is 19.2 Å². The minimum absolute atomic E-state index is 0.0218. The Bertz CT molecular complexity index is 849. The smallest absolute Gasteiger partial charge is 0.331 e. The van der Waals surface area contributed by atoms with Crippen molar-refractivity contribution in [3.05, 3.63) is 0 Å². The van der Waals surface area contributed by atoms with Gasteiger partial charge >= 0.3 is 23.9 Å². The van der Waals surface area contributed by atoms with Crippen molar-refractivity contribution in [3.8, 4) is 0 Å². The Morgan fingerprint density at radius 3 is 1.04 bits per heavy atom. The van der Waals surface area contributed by atoms with Gasteiger partial charge in [-0.2, -0.15) is 0 Å². The number of carbonyl (C=O) groups is 4. The molecule has 0 bridgehead atoms. The Morgan fingerprint density at radius 1 is 0.440 bits per heavy atom. The van der Waals surface area contributed by atoms with E-state index in [4.69, 9.17) is 14.6 Å². The van der Waals surface area contributed by atoms with Crippen molar-refractivity contribution in [3.63, 3.8) is 0 Å². The van der Waals surface area contributed by atoms with E-state index in [1.54, 1.807) is 13.8 Å². The van der Waals surface area contributed by atoms with Crippen molar-refractivity contribution >= 4 is 23.9 Å². The van der Waals surface area contributed by atoms with Gasteiger partial charge in [-0.3, -0.25) is 14.4 Å². The highest BCUT2D eigenvalue weighted by Gasteiger charge is 2.28. The third kappa shape index (κ3) is 30.6. The van der Waals surface area contributed by atoms with E-state index in [1.807, 2.05) is 48.5 Å². The highest BCUT2D eigenvalue weighted by Crippen LogP contribution is 2.23. The number of esters is 4. The average Bonchev–Trinajstić information content (AvgIpc) is 3.10. The normalized spacial score (nSPS) is 11.4. The number of hydrogen-bond donors (Lipinski definition) is 1. The predicted molar refractivity (Wildman–Crippen MR) is 204 cm³/mol. The molecule has 9 heteroatoms. The maximum Gasteiger partial charge on any atom is 0.331 e. The summed E-state index contributed by atoms with van der Waals surface area (Å²) in [7, 11) is 1.42. The molecule has 0 saturated carbocycles. The average molecular weight is 717 g/mol. The molecule has 0 aromatic rings. The summed E-state index contributed by atoms with van der Waals surface area (Å²) in [5.41, 5.74) is -1.15. The molecule has 0 aromatic carbocycles. The van der Waals surface area contributed by atoms with Gasteiger partial charge in [0.25, 0.3) is 0 Å². The van der Waals surface area contributed by atoms with E-state index in [2.05, 4.69) is 16.4 Å². The lowest BCUT2D eigenvalue weighted by molar-refractivity contribution is -0.160. The first-order valence-corrected chi connectivity index (χ1v) is 19.7. The second kappa shape index (κ2) is 32.7. The number of aliphatic hydroxyl groups is 1. The zero-order valence-electron chi connectivity index (χ0n) is 34.5. The highest BCUT2D eigenvalue weighted by molar-refractivity contribution is 5.76. The van der Waals surface area contributed by atoms with Crippen LogP contribution in [0.25, 0.3) is 0 Å². The standard InChI is InChI=1S/C24H48O2.C10H18O5.C7H14O2/c1-5-7-8-9-10-11-12-13-14-15-16-17-18-19-20-21-22-26-23(25)24(3,4)6-2;1-4-10(2,3)9(13)15-6-5-14-8(12)7-11;1-5-7(2,3)6(8)9-4/h5-22H2,1-4H3;11H,4-7H2,1-3H3;5H2,1-4H3. The fourth-order valence-electron chi connectivity index (χ4n) is 4.25. The fourth-order valence-corrected chi connectivity index (χ4v) is 4.25. The summed E-state index contributed by atoms with van der Waals surface area (Å²) < 4.78 is 19.4. The Morgan fingerprint density at radius 2 is 0.740 bits per heavy atom. The van der Waals surface area contributed by atoms with Gasteiger partial charge in [-0.05, 0) is 67.2 Å². The second-order valence-corrected chi connectivity index (χ2v) is 15.2. The molecule has 0 fully saturated rings. The van der Waals surface area contributed by atoms with E-state index >= 15 is 0 Å². The number of carbonyl (C=O) groups excluding carboxylic acids is 4. The number of ether oxygens (including phenoxy) is 4. The Labute approximate surface area is 307 Å². The SMILES string of the molecule is CCC(C)(C)C(=O)OC.CCC(C)(C)C(=O)OCCOC(=O)CO.CCCCCCCCCCCCCCCCCCOC(=O)C(C)(C)CC. The summed E-state index contributed by atoms with van der Waals surface area (Å²) in [6.07, 6.45) is 24.2. The van der Waals surface area contributed by atoms with Crippen molar-refractivity contribution in [1.29, 1.82) is 0 Å². The lowest BCUT2D eigenvalue weighted by Gasteiger charge is -2.20. The van der Waals surface area contributed by atoms with Gasteiger partial charge < -0.3 is 24.1 Å². The van der Waals surface area contributed by atoms with Crippen LogP contribution >= 0.6 is 0 Å². The molecule has 0 unspecified atom stereocenters. The summed E-state index contributed by atoms with van der Waals surface area (Å²) in [4.78, 5) is 44.6. The topological polar surface area (TPSA) is 125 Å². The van der Waals surface area contributed by atoms with Gasteiger partial charge in [-0.15, -0.1) is 0 Å². The van der Waals surface area contributed by atoms with Crippen LogP contribution in [0.3, 0.4) is 0 Å². The zero-order chi connectivity index (χ0) is 38.9. The van der Waals surface area contributed by atoms with Crippen molar-refractivity contribution in [2.24, 2.45) is 16.2 Å². The largest absolute Gasteiger partial charge is 0.469 e. The highest BCUT2D eigenvalue weighted by atomic mass is 16.6. The van der Waals surface area contributed by atoms with Gasteiger partial charge in [0.05, 0.1) is 30.0 Å². The molecule has 0 aromatic heterocycles. The van der Waals surface area contributed by atoms with E-state index in [1.165, 1.54) is 103 Å². The van der Waals surface area contributed by atoms with Crippen LogP contribution in [0.15, 0.2) is 0 Å². The summed E-state index contributed by atoms with van der Waals surface area (Å²) in [5, 5.41) is 8.33. The van der Waals surface area contributed by atoms with Crippen LogP contribution in [0.5, 0.6) is 0 Å². The Hall–Kier alpha value is -2.16. The van der Waals surface area contributed by atoms with Crippen molar-refractivity contribution in [2.45, 2.75) is 191 Å². The third-order valence-electron chi connectivity index (χ3n) is 9.43. The molecule has 0 saturated heterocycles. The van der Waals surface area contributed by atoms with Crippen LogP contribution in [-0.4, -0.2) is 62.5 Å². The minimum Gasteiger partial charge on any atom is -0.469 e. The van der Waals surface area contributed by atoms with Gasteiger partial charge in [-0.25, -0.2) is 4.79 Å². The maximum absolute atomic E-state index is 11.8. The van der Waals surface area contributed by atoms with Crippen LogP contribution in [0.1, 0.15) is 191 Å². The number of rotatable bonds is 27. The molecular weight excluding hydrogens is 636 g/mol. The zero-order valence-corrected chi connectivity index (χ0v) is 34.5. The molecule has 0 aliphatic heterocycles. The van der Waals surface area contributed by atoms with Crippen LogP contribution in [-0.2, 0) is 38.1 Å². The molecule has 0 amide bonds.